The highest BCUT2D eigenvalue weighted by Gasteiger charge is 2.21. The number of nitrogens with zero attached hydrogens (tertiary/aromatic N) is 2. The zero-order chi connectivity index (χ0) is 13.8. The predicted molar refractivity (Wildman–Crippen MR) is 69.5 cm³/mol. The highest BCUT2D eigenvalue weighted by molar-refractivity contribution is 5.65. The highest BCUT2D eigenvalue weighted by Crippen LogP contribution is 2.22. The number of benzene rings is 1. The maximum absolute atomic E-state index is 10.6. The third-order valence-electron chi connectivity index (χ3n) is 3.17. The van der Waals surface area contributed by atoms with Crippen molar-refractivity contribution < 1.29 is 14.8 Å². The van der Waals surface area contributed by atoms with Gasteiger partial charge in [-0.1, -0.05) is 0 Å². The Labute approximate surface area is 110 Å². The van der Waals surface area contributed by atoms with Crippen molar-refractivity contribution in [3.05, 3.63) is 34.4 Å². The van der Waals surface area contributed by atoms with Gasteiger partial charge in [0.2, 0.25) is 0 Å². The molecule has 0 bridgehead atoms. The third-order valence-corrected chi connectivity index (χ3v) is 3.17. The van der Waals surface area contributed by atoms with Gasteiger partial charge in [0, 0.05) is 37.0 Å². The van der Waals surface area contributed by atoms with Gasteiger partial charge in [0.05, 0.1) is 4.92 Å². The lowest BCUT2D eigenvalue weighted by atomic mass is 10.1. The van der Waals surface area contributed by atoms with Crippen molar-refractivity contribution in [1.82, 2.24) is 5.32 Å². The number of non-ortho nitro benzene ring substituents is 1. The summed E-state index contributed by atoms with van der Waals surface area (Å²) in [6.07, 6.45) is 0.688. The fourth-order valence-electron chi connectivity index (χ4n) is 2.29. The van der Waals surface area contributed by atoms with Gasteiger partial charge in [-0.05, 0) is 25.0 Å². The number of nitrogens with one attached hydrogen (secondary N) is 1. The molecule has 1 aromatic rings. The van der Waals surface area contributed by atoms with Crippen molar-refractivity contribution in [3.8, 4) is 0 Å². The van der Waals surface area contributed by atoms with Gasteiger partial charge >= 0.3 is 6.09 Å². The molecule has 102 valence electrons. The molecular formula is C12H15N3O4. The maximum atomic E-state index is 10.6. The number of carbonyl (C=O) groups is 1. The van der Waals surface area contributed by atoms with Crippen LogP contribution in [0.4, 0.5) is 16.2 Å². The first-order valence-corrected chi connectivity index (χ1v) is 6.05. The lowest BCUT2D eigenvalue weighted by Crippen LogP contribution is -2.47. The first-order valence-electron chi connectivity index (χ1n) is 6.05. The van der Waals surface area contributed by atoms with E-state index in [1.807, 2.05) is 4.90 Å². The monoisotopic (exact) mass is 265 g/mol. The van der Waals surface area contributed by atoms with Crippen molar-refractivity contribution in [2.45, 2.75) is 18.9 Å². The van der Waals surface area contributed by atoms with E-state index in [2.05, 4.69) is 5.32 Å². The number of piperidine rings is 1. The van der Waals surface area contributed by atoms with Crippen LogP contribution >= 0.6 is 0 Å². The molecule has 7 nitrogen and oxygen atoms in total. The van der Waals surface area contributed by atoms with Gasteiger partial charge in [-0.3, -0.25) is 10.1 Å². The molecule has 0 saturated carbocycles. The Morgan fingerprint density at radius 1 is 1.42 bits per heavy atom. The molecule has 0 unspecified atom stereocenters. The average Bonchev–Trinajstić information content (AvgIpc) is 2.38. The third kappa shape index (κ3) is 3.34. The standard InChI is InChI=1S/C12H15N3O4/c16-12(17)13-9-2-1-7-14(8-9)10-3-5-11(6-4-10)15(18)19/h3-6,9,13H,1-2,7-8H2,(H,16,17)/t9-/m1/s1. The van der Waals surface area contributed by atoms with Gasteiger partial charge in [0.1, 0.15) is 0 Å². The Morgan fingerprint density at radius 2 is 2.11 bits per heavy atom. The minimum Gasteiger partial charge on any atom is -0.465 e. The minimum absolute atomic E-state index is 0.0565. The van der Waals surface area contributed by atoms with Crippen molar-refractivity contribution in [2.24, 2.45) is 0 Å². The van der Waals surface area contributed by atoms with Gasteiger partial charge < -0.3 is 15.3 Å². The second-order valence-electron chi connectivity index (χ2n) is 4.51. The number of nitro benzene ring substituents is 1. The molecule has 1 aliphatic rings. The van der Waals surface area contributed by atoms with E-state index < -0.39 is 11.0 Å². The van der Waals surface area contributed by atoms with Crippen molar-refractivity contribution >= 4 is 17.5 Å². The molecular weight excluding hydrogens is 250 g/mol. The summed E-state index contributed by atoms with van der Waals surface area (Å²) in [5.74, 6) is 0. The van der Waals surface area contributed by atoms with Crippen LogP contribution in [0.1, 0.15) is 12.8 Å². The molecule has 2 N–H and O–H groups in total. The van der Waals surface area contributed by atoms with Crippen LogP contribution in [-0.2, 0) is 0 Å². The number of rotatable bonds is 3. The van der Waals surface area contributed by atoms with Crippen LogP contribution in [0.3, 0.4) is 0 Å². The molecule has 1 aromatic carbocycles. The van der Waals surface area contributed by atoms with Crippen LogP contribution in [-0.4, -0.2) is 35.3 Å². The van der Waals surface area contributed by atoms with E-state index in [4.69, 9.17) is 5.11 Å². The SMILES string of the molecule is O=C(O)N[C@@H]1CCCN(c2ccc([N+](=O)[O-])cc2)C1. The molecule has 1 fully saturated rings. The number of hydrogen-bond donors (Lipinski definition) is 2. The number of nitro groups is 1. The highest BCUT2D eigenvalue weighted by atomic mass is 16.6. The molecule has 0 radical (unpaired) electrons. The van der Waals surface area contributed by atoms with Crippen LogP contribution in [0.15, 0.2) is 24.3 Å². The van der Waals surface area contributed by atoms with Gasteiger partial charge in [-0.15, -0.1) is 0 Å². The molecule has 0 spiro atoms. The Balaban J connectivity index is 2.04. The summed E-state index contributed by atoms with van der Waals surface area (Å²) < 4.78 is 0. The molecule has 19 heavy (non-hydrogen) atoms. The van der Waals surface area contributed by atoms with Crippen molar-refractivity contribution in [1.29, 1.82) is 0 Å². The lowest BCUT2D eigenvalue weighted by molar-refractivity contribution is -0.384. The number of amides is 1. The summed E-state index contributed by atoms with van der Waals surface area (Å²) in [6.45, 7) is 1.42. The number of hydrogen-bond acceptors (Lipinski definition) is 4. The number of carboxylic acid groups (broad SMARTS) is 1. The lowest BCUT2D eigenvalue weighted by Gasteiger charge is -2.34. The van der Waals surface area contributed by atoms with E-state index >= 15 is 0 Å². The predicted octanol–water partition coefficient (Wildman–Crippen LogP) is 1.83. The summed E-state index contributed by atoms with van der Waals surface area (Å²) in [6, 6.07) is 6.22. The Morgan fingerprint density at radius 3 is 2.68 bits per heavy atom. The summed E-state index contributed by atoms with van der Waals surface area (Å²) in [5.41, 5.74) is 0.934. The van der Waals surface area contributed by atoms with Crippen LogP contribution < -0.4 is 10.2 Å². The molecule has 1 saturated heterocycles. The average molecular weight is 265 g/mol. The molecule has 2 rings (SSSR count). The van der Waals surface area contributed by atoms with Crippen LogP contribution in [0.5, 0.6) is 0 Å². The van der Waals surface area contributed by atoms with E-state index in [0.29, 0.717) is 6.54 Å². The van der Waals surface area contributed by atoms with Gasteiger partial charge in [0.15, 0.2) is 0 Å². The van der Waals surface area contributed by atoms with Crippen molar-refractivity contribution in [2.75, 3.05) is 18.0 Å². The second-order valence-corrected chi connectivity index (χ2v) is 4.51. The van der Waals surface area contributed by atoms with Crippen LogP contribution in [0.2, 0.25) is 0 Å². The maximum Gasteiger partial charge on any atom is 0.404 e. The summed E-state index contributed by atoms with van der Waals surface area (Å²) in [4.78, 5) is 22.8. The second kappa shape index (κ2) is 5.55. The van der Waals surface area contributed by atoms with Gasteiger partial charge in [-0.25, -0.2) is 4.79 Å². The Kier molecular flexibility index (Phi) is 3.84. The molecule has 1 atom stereocenters. The quantitative estimate of drug-likeness (QED) is 0.642. The smallest absolute Gasteiger partial charge is 0.404 e. The molecule has 1 amide bonds. The summed E-state index contributed by atoms with van der Waals surface area (Å²) in [7, 11) is 0. The molecule has 0 aromatic heterocycles. The van der Waals surface area contributed by atoms with E-state index in [0.717, 1.165) is 25.1 Å². The zero-order valence-electron chi connectivity index (χ0n) is 10.3. The van der Waals surface area contributed by atoms with Crippen LogP contribution in [0, 0.1) is 10.1 Å². The first-order chi connectivity index (χ1) is 9.06. The zero-order valence-corrected chi connectivity index (χ0v) is 10.3. The van der Waals surface area contributed by atoms with Gasteiger partial charge in [-0.2, -0.15) is 0 Å². The molecule has 1 aliphatic heterocycles. The Hall–Kier alpha value is -2.31. The molecule has 1 heterocycles. The van der Waals surface area contributed by atoms with E-state index in [1.165, 1.54) is 12.1 Å². The normalized spacial score (nSPS) is 18.9. The fraction of sp³-hybridized carbons (Fsp3) is 0.417. The summed E-state index contributed by atoms with van der Waals surface area (Å²) in [5, 5.41) is 21.8. The van der Waals surface area contributed by atoms with Gasteiger partial charge in [0.25, 0.3) is 5.69 Å². The first kappa shape index (κ1) is 13.1. The topological polar surface area (TPSA) is 95.7 Å². The van der Waals surface area contributed by atoms with E-state index in [1.54, 1.807) is 12.1 Å². The fourth-order valence-corrected chi connectivity index (χ4v) is 2.29. The number of anilines is 1. The largest absolute Gasteiger partial charge is 0.465 e. The minimum atomic E-state index is -1.02. The van der Waals surface area contributed by atoms with E-state index in [-0.39, 0.29) is 11.7 Å². The molecule has 7 heteroatoms. The summed E-state index contributed by atoms with van der Waals surface area (Å²) >= 11 is 0. The molecule has 0 aliphatic carbocycles. The van der Waals surface area contributed by atoms with Crippen LogP contribution in [0.25, 0.3) is 0 Å². The Bertz CT molecular complexity index is 474. The van der Waals surface area contributed by atoms with Crippen molar-refractivity contribution in [3.63, 3.8) is 0 Å². The van der Waals surface area contributed by atoms with E-state index in [9.17, 15) is 14.9 Å².